The molecule has 6 aromatic carbocycles. The summed E-state index contributed by atoms with van der Waals surface area (Å²) in [6.07, 6.45) is 0. The summed E-state index contributed by atoms with van der Waals surface area (Å²) < 4.78 is 125. The Morgan fingerprint density at radius 3 is 1.20 bits per heavy atom. The van der Waals surface area contributed by atoms with Crippen molar-refractivity contribution < 1.29 is 57.8 Å². The van der Waals surface area contributed by atoms with Crippen LogP contribution in [0.25, 0.3) is 21.5 Å². The van der Waals surface area contributed by atoms with E-state index >= 15 is 0 Å². The van der Waals surface area contributed by atoms with E-state index in [1.807, 2.05) is 0 Å². The van der Waals surface area contributed by atoms with Crippen molar-refractivity contribution in [3.63, 3.8) is 0 Å². The van der Waals surface area contributed by atoms with Crippen LogP contribution in [0.2, 0.25) is 0 Å². The number of anilines is 4. The van der Waals surface area contributed by atoms with E-state index in [0.29, 0.717) is 0 Å². The molecule has 0 atom stereocenters. The van der Waals surface area contributed by atoms with E-state index in [-0.39, 0.29) is 54.1 Å². The van der Waals surface area contributed by atoms with Crippen LogP contribution >= 0.6 is 0 Å². The van der Waals surface area contributed by atoms with E-state index in [1.54, 1.807) is 0 Å². The van der Waals surface area contributed by atoms with Crippen molar-refractivity contribution in [2.75, 3.05) is 20.1 Å². The van der Waals surface area contributed by atoms with Crippen LogP contribution in [0.3, 0.4) is 0 Å². The SMILES string of the molecule is O=C(Nc1cccc(S(=O)(=O)Nc2cccc3c(S(=O)(=O)O)cc(O)cc23)c1)Nc1cccc(S(=O)(=O)Nc2cccc3c(S(=O)(=O)O)cc(O)cc23)c1. The number of amides is 2. The first-order valence-corrected chi connectivity index (χ1v) is 20.9. The van der Waals surface area contributed by atoms with Crippen molar-refractivity contribution in [3.8, 4) is 11.5 Å². The predicted molar refractivity (Wildman–Crippen MR) is 198 cm³/mol. The lowest BCUT2D eigenvalue weighted by Crippen LogP contribution is -2.20. The van der Waals surface area contributed by atoms with Gasteiger partial charge in [0.25, 0.3) is 40.3 Å². The molecule has 0 aromatic heterocycles. The third-order valence-corrected chi connectivity index (χ3v) is 12.2. The minimum absolute atomic E-state index is 0.00601. The summed E-state index contributed by atoms with van der Waals surface area (Å²) >= 11 is 0. The summed E-state index contributed by atoms with van der Waals surface area (Å²) in [4.78, 5) is 11.0. The molecule has 54 heavy (non-hydrogen) atoms. The number of benzene rings is 6. The first kappa shape index (κ1) is 37.8. The average Bonchev–Trinajstić information content (AvgIpc) is 3.07. The van der Waals surface area contributed by atoms with Crippen LogP contribution in [0.5, 0.6) is 11.5 Å². The molecule has 0 unspecified atom stereocenters. The lowest BCUT2D eigenvalue weighted by atomic mass is 10.1. The second-order valence-electron chi connectivity index (χ2n) is 11.5. The number of carbonyl (C=O) groups is 1. The second kappa shape index (κ2) is 13.8. The highest BCUT2D eigenvalue weighted by atomic mass is 32.2. The summed E-state index contributed by atoms with van der Waals surface area (Å²) in [7, 11) is -18.4. The first-order valence-electron chi connectivity index (χ1n) is 15.0. The summed E-state index contributed by atoms with van der Waals surface area (Å²) in [5.74, 6) is -1.11. The van der Waals surface area contributed by atoms with Crippen LogP contribution in [-0.2, 0) is 40.3 Å². The highest BCUT2D eigenvalue weighted by molar-refractivity contribution is 7.93. The molecule has 0 spiro atoms. The van der Waals surface area contributed by atoms with E-state index in [2.05, 4.69) is 20.1 Å². The maximum atomic E-state index is 13.4. The van der Waals surface area contributed by atoms with Gasteiger partial charge in [-0.05, 0) is 60.7 Å². The van der Waals surface area contributed by atoms with Crippen molar-refractivity contribution in [2.45, 2.75) is 19.6 Å². The number of urea groups is 1. The summed E-state index contributed by atoms with van der Waals surface area (Å²) in [6.45, 7) is 0. The number of hydrogen-bond acceptors (Lipinski definition) is 11. The van der Waals surface area contributed by atoms with Crippen LogP contribution in [0.4, 0.5) is 27.5 Å². The van der Waals surface area contributed by atoms with Crippen molar-refractivity contribution in [1.29, 1.82) is 0 Å². The maximum Gasteiger partial charge on any atom is 0.323 e. The average molecular weight is 815 g/mol. The molecule has 0 aliphatic rings. The lowest BCUT2D eigenvalue weighted by Gasteiger charge is -2.14. The Labute approximate surface area is 307 Å². The minimum atomic E-state index is -4.79. The molecular weight excluding hydrogens is 789 g/mol. The molecule has 0 fully saturated rings. The number of fused-ring (bicyclic) bond motifs is 2. The molecule has 0 saturated heterocycles. The van der Waals surface area contributed by atoms with Gasteiger partial charge in [0.1, 0.15) is 21.3 Å². The fraction of sp³-hybridized carbons (Fsp3) is 0. The summed E-state index contributed by atoms with van der Waals surface area (Å²) in [6, 6.07) is 20.8. The molecule has 6 aromatic rings. The molecule has 280 valence electrons. The molecule has 0 aliphatic carbocycles. The Morgan fingerprint density at radius 2 is 0.833 bits per heavy atom. The summed E-state index contributed by atoms with van der Waals surface area (Å²) in [5.41, 5.74) is -0.271. The molecule has 0 radical (unpaired) electrons. The van der Waals surface area contributed by atoms with Gasteiger partial charge in [-0.15, -0.1) is 0 Å². The van der Waals surface area contributed by atoms with Gasteiger partial charge in [-0.1, -0.05) is 36.4 Å². The Bertz CT molecular complexity index is 2770. The molecule has 6 rings (SSSR count). The first-order chi connectivity index (χ1) is 25.2. The van der Waals surface area contributed by atoms with Crippen molar-refractivity contribution in [2.24, 2.45) is 0 Å². The zero-order valence-electron chi connectivity index (χ0n) is 27.0. The van der Waals surface area contributed by atoms with Crippen molar-refractivity contribution in [1.82, 2.24) is 0 Å². The Kier molecular flexibility index (Phi) is 9.64. The van der Waals surface area contributed by atoms with Gasteiger partial charge >= 0.3 is 6.03 Å². The number of hydrogen-bond donors (Lipinski definition) is 8. The van der Waals surface area contributed by atoms with E-state index in [1.165, 1.54) is 72.8 Å². The minimum Gasteiger partial charge on any atom is -0.508 e. The van der Waals surface area contributed by atoms with Gasteiger partial charge < -0.3 is 20.8 Å². The van der Waals surface area contributed by atoms with Gasteiger partial charge in [0.15, 0.2) is 0 Å². The van der Waals surface area contributed by atoms with Gasteiger partial charge in [0, 0.05) is 45.1 Å². The third-order valence-electron chi connectivity index (χ3n) is 7.73. The van der Waals surface area contributed by atoms with Gasteiger partial charge in [0.05, 0.1) is 21.2 Å². The number of aromatic hydroxyl groups is 2. The van der Waals surface area contributed by atoms with Crippen molar-refractivity contribution in [3.05, 3.63) is 109 Å². The normalized spacial score (nSPS) is 12.3. The topological polar surface area (TPSA) is 283 Å². The molecule has 0 aliphatic heterocycles. The highest BCUT2D eigenvalue weighted by Gasteiger charge is 2.23. The number of phenols is 2. The fourth-order valence-electron chi connectivity index (χ4n) is 5.46. The standard InChI is InChI=1S/C33H26N4O13S4/c38-21-15-27-25(31(17-21)53(45,46)47)9-3-11-29(27)36-51(41,42)23-7-1-5-19(13-23)34-33(40)35-20-6-2-8-24(14-20)52(43,44)37-30-12-4-10-26-28(30)16-22(39)18-32(26)54(48,49)50/h1-18,36-39H,(H2,34,35,40)(H,45,46,47)(H,48,49,50). The number of phenolic OH excluding ortho intramolecular Hbond substituents is 2. The van der Waals surface area contributed by atoms with Crippen LogP contribution in [-0.4, -0.2) is 59.0 Å². The molecule has 2 amide bonds. The largest absolute Gasteiger partial charge is 0.508 e. The van der Waals surface area contributed by atoms with Gasteiger partial charge in [0.2, 0.25) is 0 Å². The molecule has 17 nitrogen and oxygen atoms in total. The third kappa shape index (κ3) is 8.00. The molecule has 0 saturated carbocycles. The fourth-order valence-corrected chi connectivity index (χ4v) is 9.16. The highest BCUT2D eigenvalue weighted by Crippen LogP contribution is 2.35. The smallest absolute Gasteiger partial charge is 0.323 e. The van der Waals surface area contributed by atoms with Crippen LogP contribution in [0.15, 0.2) is 129 Å². The number of carbonyl (C=O) groups excluding carboxylic acids is 1. The molecular formula is C33H26N4O13S4. The molecule has 0 heterocycles. The van der Waals surface area contributed by atoms with Crippen LogP contribution in [0, 0.1) is 0 Å². The predicted octanol–water partition coefficient (Wildman–Crippen LogP) is 5.14. The van der Waals surface area contributed by atoms with E-state index in [9.17, 15) is 57.8 Å². The number of rotatable bonds is 10. The summed E-state index contributed by atoms with van der Waals surface area (Å²) in [5, 5.41) is 24.8. The van der Waals surface area contributed by atoms with Gasteiger partial charge in [-0.2, -0.15) is 16.8 Å². The van der Waals surface area contributed by atoms with E-state index in [0.717, 1.165) is 36.4 Å². The zero-order chi connectivity index (χ0) is 39.2. The second-order valence-corrected chi connectivity index (χ2v) is 17.6. The Hall–Kier alpha value is -5.97. The van der Waals surface area contributed by atoms with Gasteiger partial charge in [-0.3, -0.25) is 18.5 Å². The van der Waals surface area contributed by atoms with Gasteiger partial charge in [-0.25, -0.2) is 21.6 Å². The molecule has 0 bridgehead atoms. The van der Waals surface area contributed by atoms with Crippen LogP contribution < -0.4 is 20.1 Å². The zero-order valence-corrected chi connectivity index (χ0v) is 30.3. The number of nitrogens with one attached hydrogen (secondary N) is 4. The molecule has 8 N–H and O–H groups in total. The van der Waals surface area contributed by atoms with E-state index < -0.39 is 67.6 Å². The Balaban J connectivity index is 1.20. The van der Waals surface area contributed by atoms with Crippen LogP contribution in [0.1, 0.15) is 0 Å². The quantitative estimate of drug-likeness (QED) is 0.0833. The maximum absolute atomic E-state index is 13.4. The lowest BCUT2D eigenvalue weighted by molar-refractivity contribution is 0.262. The Morgan fingerprint density at radius 1 is 0.463 bits per heavy atom. The van der Waals surface area contributed by atoms with E-state index in [4.69, 9.17) is 0 Å². The number of sulfonamides is 2. The van der Waals surface area contributed by atoms with Crippen molar-refractivity contribution >= 4 is 90.6 Å². The monoisotopic (exact) mass is 814 g/mol. The molecule has 21 heteroatoms.